The van der Waals surface area contributed by atoms with Gasteiger partial charge in [-0.3, -0.25) is 14.9 Å². The number of carbonyl (C=O) groups excluding carboxylic acids is 1. The molecule has 1 aromatic rings. The first-order valence-corrected chi connectivity index (χ1v) is 5.64. The van der Waals surface area contributed by atoms with Crippen LogP contribution in [0.1, 0.15) is 24.2 Å². The zero-order valence-electron chi connectivity index (χ0n) is 10.3. The lowest BCUT2D eigenvalue weighted by Gasteiger charge is -2.15. The van der Waals surface area contributed by atoms with Crippen molar-refractivity contribution in [3.05, 3.63) is 33.1 Å². The highest BCUT2D eigenvalue weighted by Gasteiger charge is 2.24. The molecule has 0 aliphatic heterocycles. The highest BCUT2D eigenvalue weighted by atomic mass is 35.5. The van der Waals surface area contributed by atoms with Gasteiger partial charge in [-0.15, -0.1) is 0 Å². The van der Waals surface area contributed by atoms with Crippen LogP contribution in [0.2, 0.25) is 5.15 Å². The van der Waals surface area contributed by atoms with Crippen molar-refractivity contribution in [3.63, 3.8) is 0 Å². The third-order valence-electron chi connectivity index (χ3n) is 2.28. The molecule has 1 heterocycles. The molecule has 0 aromatic carbocycles. The Balaban J connectivity index is 2.97. The van der Waals surface area contributed by atoms with Gasteiger partial charge in [-0.1, -0.05) is 11.6 Å². The van der Waals surface area contributed by atoms with Crippen LogP contribution in [0, 0.1) is 26.9 Å². The van der Waals surface area contributed by atoms with Crippen molar-refractivity contribution < 1.29 is 9.72 Å². The molecule has 0 spiro atoms. The highest BCUT2D eigenvalue weighted by molar-refractivity contribution is 6.29. The molecule has 1 rings (SSSR count). The van der Waals surface area contributed by atoms with Gasteiger partial charge in [-0.2, -0.15) is 5.26 Å². The molecule has 0 unspecified atom stereocenters. The Morgan fingerprint density at radius 3 is 2.84 bits per heavy atom. The Bertz CT molecular complexity index is 566. The Kier molecular flexibility index (Phi) is 4.40. The first kappa shape index (κ1) is 14.9. The first-order valence-electron chi connectivity index (χ1n) is 5.26. The van der Waals surface area contributed by atoms with Gasteiger partial charge in [0.2, 0.25) is 0 Å². The Morgan fingerprint density at radius 2 is 2.32 bits per heavy atom. The van der Waals surface area contributed by atoms with Crippen LogP contribution in [0.4, 0.5) is 5.69 Å². The van der Waals surface area contributed by atoms with E-state index >= 15 is 0 Å². The molecule has 0 atom stereocenters. The first-order chi connectivity index (χ1) is 8.76. The summed E-state index contributed by atoms with van der Waals surface area (Å²) in [5, 5.41) is 22.1. The monoisotopic (exact) mass is 282 g/mol. The number of rotatable bonds is 4. The molecule has 0 aliphatic carbocycles. The van der Waals surface area contributed by atoms with Crippen LogP contribution in [0.3, 0.4) is 0 Å². The molecule has 1 aromatic heterocycles. The molecule has 0 aliphatic rings. The predicted molar refractivity (Wildman–Crippen MR) is 67.6 cm³/mol. The Hall–Kier alpha value is -2.20. The number of carbonyl (C=O) groups is 1. The molecule has 0 fully saturated rings. The molecule has 8 heteroatoms. The summed E-state index contributed by atoms with van der Waals surface area (Å²) in [5.41, 5.74) is -1.38. The predicted octanol–water partition coefficient (Wildman–Crippen LogP) is 1.92. The van der Waals surface area contributed by atoms with E-state index in [9.17, 15) is 14.9 Å². The van der Waals surface area contributed by atoms with Crippen molar-refractivity contribution in [2.24, 2.45) is 5.41 Å². The van der Waals surface area contributed by atoms with Crippen LogP contribution in [0.5, 0.6) is 0 Å². The normalized spacial score (nSPS) is 10.6. The van der Waals surface area contributed by atoms with Gasteiger partial charge in [0, 0.05) is 6.54 Å². The van der Waals surface area contributed by atoms with Gasteiger partial charge in [-0.05, 0) is 19.9 Å². The van der Waals surface area contributed by atoms with Gasteiger partial charge >= 0.3 is 0 Å². The zero-order valence-corrected chi connectivity index (χ0v) is 11.1. The summed E-state index contributed by atoms with van der Waals surface area (Å²) >= 11 is 5.62. The second kappa shape index (κ2) is 5.63. The van der Waals surface area contributed by atoms with Crippen molar-refractivity contribution in [2.45, 2.75) is 13.8 Å². The summed E-state index contributed by atoms with van der Waals surface area (Å²) in [7, 11) is 0. The number of hydrogen-bond donors (Lipinski definition) is 1. The van der Waals surface area contributed by atoms with Crippen LogP contribution in [-0.2, 0) is 0 Å². The van der Waals surface area contributed by atoms with Crippen LogP contribution >= 0.6 is 11.6 Å². The molecule has 7 nitrogen and oxygen atoms in total. The molecule has 0 bridgehead atoms. The number of amides is 1. The van der Waals surface area contributed by atoms with Crippen LogP contribution in [0.15, 0.2) is 12.3 Å². The third-order valence-corrected chi connectivity index (χ3v) is 2.49. The van der Waals surface area contributed by atoms with E-state index < -0.39 is 21.9 Å². The fourth-order valence-electron chi connectivity index (χ4n) is 1.19. The second-order valence-electron chi connectivity index (χ2n) is 4.46. The van der Waals surface area contributed by atoms with Gasteiger partial charge in [-0.25, -0.2) is 4.98 Å². The topological polar surface area (TPSA) is 109 Å². The molecule has 0 saturated carbocycles. The van der Waals surface area contributed by atoms with E-state index in [1.165, 1.54) is 0 Å². The summed E-state index contributed by atoms with van der Waals surface area (Å²) in [6, 6.07) is 3.13. The number of nitro groups is 1. The van der Waals surface area contributed by atoms with Gasteiger partial charge in [0.25, 0.3) is 11.6 Å². The quantitative estimate of drug-likeness (QED) is 0.515. The lowest BCUT2D eigenvalue weighted by atomic mass is 9.96. The maximum Gasteiger partial charge on any atom is 0.300 e. The second-order valence-corrected chi connectivity index (χ2v) is 4.85. The van der Waals surface area contributed by atoms with Gasteiger partial charge in [0.05, 0.1) is 16.4 Å². The number of nitrogens with one attached hydrogen (secondary N) is 1. The SMILES string of the molecule is CC(C)(C#N)CNC(=O)c1cc(Cl)ncc1[N+](=O)[O-]. The van der Waals surface area contributed by atoms with E-state index in [1.54, 1.807) is 13.8 Å². The van der Waals surface area contributed by atoms with E-state index in [0.29, 0.717) is 0 Å². The van der Waals surface area contributed by atoms with Gasteiger partial charge in [0.1, 0.15) is 16.9 Å². The summed E-state index contributed by atoms with van der Waals surface area (Å²) in [5.74, 6) is -0.667. The maximum absolute atomic E-state index is 11.9. The smallest absolute Gasteiger partial charge is 0.300 e. The Morgan fingerprint density at radius 1 is 1.68 bits per heavy atom. The average molecular weight is 283 g/mol. The fourth-order valence-corrected chi connectivity index (χ4v) is 1.34. The molecular formula is C11H11ClN4O3. The lowest BCUT2D eigenvalue weighted by Crippen LogP contribution is -2.33. The number of pyridine rings is 1. The standard InChI is InChI=1S/C11H11ClN4O3/c1-11(2,5-13)6-15-10(17)7-3-9(12)14-4-8(7)16(18)19/h3-4H,6H2,1-2H3,(H,15,17). The summed E-state index contributed by atoms with van der Waals surface area (Å²) in [6.45, 7) is 3.35. The van der Waals surface area contributed by atoms with E-state index in [4.69, 9.17) is 16.9 Å². The van der Waals surface area contributed by atoms with Gasteiger partial charge < -0.3 is 5.32 Å². The summed E-state index contributed by atoms with van der Waals surface area (Å²) in [6.07, 6.45) is 0.923. The minimum atomic E-state index is -0.763. The molecular weight excluding hydrogens is 272 g/mol. The Labute approximate surface area is 114 Å². The number of halogens is 1. The minimum Gasteiger partial charge on any atom is -0.350 e. The molecule has 1 N–H and O–H groups in total. The molecule has 19 heavy (non-hydrogen) atoms. The largest absolute Gasteiger partial charge is 0.350 e. The summed E-state index contributed by atoms with van der Waals surface area (Å²) < 4.78 is 0. The lowest BCUT2D eigenvalue weighted by molar-refractivity contribution is -0.385. The van der Waals surface area contributed by atoms with Crippen molar-refractivity contribution >= 4 is 23.2 Å². The number of hydrogen-bond acceptors (Lipinski definition) is 5. The van der Waals surface area contributed by atoms with E-state index in [-0.39, 0.29) is 17.3 Å². The number of nitrogens with zero attached hydrogens (tertiary/aromatic N) is 3. The maximum atomic E-state index is 11.9. The van der Waals surface area contributed by atoms with Crippen molar-refractivity contribution in [2.75, 3.05) is 6.54 Å². The fraction of sp³-hybridized carbons (Fsp3) is 0.364. The molecule has 0 radical (unpaired) electrons. The number of aromatic nitrogens is 1. The van der Waals surface area contributed by atoms with Crippen molar-refractivity contribution in [3.8, 4) is 6.07 Å². The highest BCUT2D eigenvalue weighted by Crippen LogP contribution is 2.20. The van der Waals surface area contributed by atoms with Gasteiger partial charge in [0.15, 0.2) is 0 Å². The zero-order chi connectivity index (χ0) is 14.6. The molecule has 0 saturated heterocycles. The van der Waals surface area contributed by atoms with Crippen molar-refractivity contribution in [1.82, 2.24) is 10.3 Å². The van der Waals surface area contributed by atoms with E-state index in [2.05, 4.69) is 10.3 Å². The van der Waals surface area contributed by atoms with Crippen molar-refractivity contribution in [1.29, 1.82) is 5.26 Å². The van der Waals surface area contributed by atoms with Crippen LogP contribution in [0.25, 0.3) is 0 Å². The number of nitriles is 1. The molecule has 1 amide bonds. The third kappa shape index (κ3) is 3.89. The summed E-state index contributed by atoms with van der Waals surface area (Å²) in [4.78, 5) is 25.5. The van der Waals surface area contributed by atoms with E-state index in [1.807, 2.05) is 6.07 Å². The minimum absolute atomic E-state index is 0.0182. The van der Waals surface area contributed by atoms with Crippen LogP contribution < -0.4 is 5.32 Å². The average Bonchev–Trinajstić information content (AvgIpc) is 2.35. The van der Waals surface area contributed by atoms with E-state index in [0.717, 1.165) is 12.3 Å². The molecule has 100 valence electrons. The van der Waals surface area contributed by atoms with Crippen LogP contribution in [-0.4, -0.2) is 22.4 Å².